The Kier molecular flexibility index (Phi) is 3.42. The Labute approximate surface area is 94.4 Å². The molecule has 0 heterocycles. The van der Waals surface area contributed by atoms with Crippen LogP contribution in [0.5, 0.6) is 0 Å². The van der Waals surface area contributed by atoms with Gasteiger partial charge in [-0.1, -0.05) is 45.0 Å². The van der Waals surface area contributed by atoms with Gasteiger partial charge in [0.1, 0.15) is 0 Å². The first-order valence-electron chi connectivity index (χ1n) is 5.06. The Morgan fingerprint density at radius 1 is 1.25 bits per heavy atom. The summed E-state index contributed by atoms with van der Waals surface area (Å²) in [6.07, 6.45) is 0. The predicted octanol–water partition coefficient (Wildman–Crippen LogP) is 2.69. The van der Waals surface area contributed by atoms with E-state index in [2.05, 4.69) is 0 Å². The van der Waals surface area contributed by atoms with Crippen molar-refractivity contribution in [1.29, 1.82) is 0 Å². The van der Waals surface area contributed by atoms with Gasteiger partial charge in [0, 0.05) is 21.5 Å². The van der Waals surface area contributed by atoms with Crippen LogP contribution in [0, 0.1) is 15.5 Å². The van der Waals surface area contributed by atoms with Gasteiger partial charge < -0.3 is 0 Å². The maximum Gasteiger partial charge on any atom is 0.228 e. The van der Waals surface area contributed by atoms with Gasteiger partial charge in [-0.3, -0.25) is 14.9 Å². The summed E-state index contributed by atoms with van der Waals surface area (Å²) < 4.78 is 0. The number of nitro groups is 1. The van der Waals surface area contributed by atoms with Gasteiger partial charge in [-0.15, -0.1) is 0 Å². The van der Waals surface area contributed by atoms with E-state index in [9.17, 15) is 14.9 Å². The van der Waals surface area contributed by atoms with E-state index in [1.165, 1.54) is 0 Å². The first kappa shape index (κ1) is 12.4. The highest BCUT2D eigenvalue weighted by Crippen LogP contribution is 2.20. The zero-order valence-corrected chi connectivity index (χ0v) is 9.69. The van der Waals surface area contributed by atoms with E-state index in [1.54, 1.807) is 24.3 Å². The zero-order valence-electron chi connectivity index (χ0n) is 9.69. The third-order valence-electron chi connectivity index (χ3n) is 2.21. The van der Waals surface area contributed by atoms with Gasteiger partial charge in [0.05, 0.1) is 0 Å². The molecule has 1 rings (SSSR count). The Balaban J connectivity index is 2.87. The molecule has 1 aromatic rings. The summed E-state index contributed by atoms with van der Waals surface area (Å²) >= 11 is 0. The van der Waals surface area contributed by atoms with E-state index in [0.717, 1.165) is 0 Å². The molecule has 0 radical (unpaired) electrons. The Morgan fingerprint density at radius 3 is 2.12 bits per heavy atom. The number of carbonyl (C=O) groups is 1. The molecule has 0 aromatic heterocycles. The Bertz CT molecular complexity index is 401. The van der Waals surface area contributed by atoms with Crippen LogP contribution in [0.15, 0.2) is 24.3 Å². The first-order valence-corrected chi connectivity index (χ1v) is 5.06. The lowest BCUT2D eigenvalue weighted by molar-refractivity contribution is -0.496. The smallest absolute Gasteiger partial charge is 0.228 e. The summed E-state index contributed by atoms with van der Waals surface area (Å²) in [5.74, 6) is 0.0418. The van der Waals surface area contributed by atoms with Crippen LogP contribution in [-0.2, 0) is 6.54 Å². The number of hydrogen-bond acceptors (Lipinski definition) is 3. The summed E-state index contributed by atoms with van der Waals surface area (Å²) in [5.41, 5.74) is 0.778. The second-order valence-electron chi connectivity index (χ2n) is 4.77. The van der Waals surface area contributed by atoms with Crippen molar-refractivity contribution in [2.75, 3.05) is 0 Å². The molecule has 0 aliphatic carbocycles. The maximum absolute atomic E-state index is 11.9. The third kappa shape index (κ3) is 3.15. The van der Waals surface area contributed by atoms with E-state index in [4.69, 9.17) is 0 Å². The van der Waals surface area contributed by atoms with Crippen LogP contribution in [0.1, 0.15) is 36.7 Å². The number of ketones is 1. The predicted molar refractivity (Wildman–Crippen MR) is 60.9 cm³/mol. The fourth-order valence-electron chi connectivity index (χ4n) is 1.34. The fourth-order valence-corrected chi connectivity index (χ4v) is 1.34. The van der Waals surface area contributed by atoms with Crippen LogP contribution in [0.25, 0.3) is 0 Å². The van der Waals surface area contributed by atoms with Crippen LogP contribution < -0.4 is 0 Å². The average molecular weight is 221 g/mol. The lowest BCUT2D eigenvalue weighted by Gasteiger charge is -2.16. The fraction of sp³-hybridized carbons (Fsp3) is 0.417. The summed E-state index contributed by atoms with van der Waals surface area (Å²) in [4.78, 5) is 21.8. The van der Waals surface area contributed by atoms with Gasteiger partial charge >= 0.3 is 0 Å². The standard InChI is InChI=1S/C12H15NO3/c1-12(2,3)11(14)10-6-4-9(5-7-10)8-13(15)16/h4-7H,8H2,1-3H3. The van der Waals surface area contributed by atoms with Gasteiger partial charge in [0.15, 0.2) is 5.78 Å². The van der Waals surface area contributed by atoms with Crippen LogP contribution in [0.3, 0.4) is 0 Å². The lowest BCUT2D eigenvalue weighted by Crippen LogP contribution is -2.20. The maximum atomic E-state index is 11.9. The average Bonchev–Trinajstić information content (AvgIpc) is 2.15. The van der Waals surface area contributed by atoms with E-state index in [-0.39, 0.29) is 17.3 Å². The molecule has 0 unspecified atom stereocenters. The Hall–Kier alpha value is -1.71. The van der Waals surface area contributed by atoms with Crippen molar-refractivity contribution < 1.29 is 9.72 Å². The van der Waals surface area contributed by atoms with Crippen molar-refractivity contribution in [3.63, 3.8) is 0 Å². The lowest BCUT2D eigenvalue weighted by atomic mass is 9.86. The van der Waals surface area contributed by atoms with E-state index >= 15 is 0 Å². The highest BCUT2D eigenvalue weighted by atomic mass is 16.6. The van der Waals surface area contributed by atoms with Crippen LogP contribution in [0.4, 0.5) is 0 Å². The first-order chi connectivity index (χ1) is 7.30. The van der Waals surface area contributed by atoms with Crippen molar-refractivity contribution in [1.82, 2.24) is 0 Å². The SMILES string of the molecule is CC(C)(C)C(=O)c1ccc(C[N+](=O)[O-])cc1. The summed E-state index contributed by atoms with van der Waals surface area (Å²) in [5, 5.41) is 10.3. The largest absolute Gasteiger partial charge is 0.294 e. The molecule has 4 heteroatoms. The molecule has 1 aromatic carbocycles. The monoisotopic (exact) mass is 221 g/mol. The van der Waals surface area contributed by atoms with Gasteiger partial charge in [-0.05, 0) is 0 Å². The van der Waals surface area contributed by atoms with Gasteiger partial charge in [-0.2, -0.15) is 0 Å². The van der Waals surface area contributed by atoms with Crippen LogP contribution in [-0.4, -0.2) is 10.7 Å². The van der Waals surface area contributed by atoms with Crippen molar-refractivity contribution in [3.05, 3.63) is 45.5 Å². The number of rotatable bonds is 3. The molecular formula is C12H15NO3. The molecule has 0 bridgehead atoms. The number of benzene rings is 1. The normalized spacial score (nSPS) is 11.2. The molecule has 16 heavy (non-hydrogen) atoms. The van der Waals surface area contributed by atoms with Crippen molar-refractivity contribution in [3.8, 4) is 0 Å². The minimum Gasteiger partial charge on any atom is -0.294 e. The molecule has 0 atom stereocenters. The number of nitrogens with zero attached hydrogens (tertiary/aromatic N) is 1. The minimum absolute atomic E-state index is 0.0418. The molecule has 0 aliphatic rings. The highest BCUT2D eigenvalue weighted by molar-refractivity contribution is 5.99. The molecule has 0 N–H and O–H groups in total. The van der Waals surface area contributed by atoms with E-state index in [1.807, 2.05) is 20.8 Å². The molecule has 86 valence electrons. The summed E-state index contributed by atoms with van der Waals surface area (Å²) in [7, 11) is 0. The van der Waals surface area contributed by atoms with Crippen molar-refractivity contribution in [2.45, 2.75) is 27.3 Å². The molecule has 0 aliphatic heterocycles. The van der Waals surface area contributed by atoms with Crippen LogP contribution in [0.2, 0.25) is 0 Å². The minimum atomic E-state index is -0.426. The molecule has 0 spiro atoms. The topological polar surface area (TPSA) is 60.2 Å². The highest BCUT2D eigenvalue weighted by Gasteiger charge is 2.22. The molecule has 4 nitrogen and oxygen atoms in total. The summed E-state index contributed by atoms with van der Waals surface area (Å²) in [6, 6.07) is 6.54. The van der Waals surface area contributed by atoms with Gasteiger partial charge in [-0.25, -0.2) is 0 Å². The third-order valence-corrected chi connectivity index (χ3v) is 2.21. The van der Waals surface area contributed by atoms with Crippen LogP contribution >= 0.6 is 0 Å². The van der Waals surface area contributed by atoms with E-state index < -0.39 is 5.41 Å². The number of Topliss-reactive ketones (excluding diaryl/α,β-unsaturated/α-hetero) is 1. The molecule has 0 saturated heterocycles. The van der Waals surface area contributed by atoms with Crippen molar-refractivity contribution in [2.24, 2.45) is 5.41 Å². The molecular weight excluding hydrogens is 206 g/mol. The molecule has 0 fully saturated rings. The second kappa shape index (κ2) is 4.43. The second-order valence-corrected chi connectivity index (χ2v) is 4.77. The zero-order chi connectivity index (χ0) is 12.3. The Morgan fingerprint density at radius 2 is 1.75 bits per heavy atom. The number of carbonyl (C=O) groups excluding carboxylic acids is 1. The quantitative estimate of drug-likeness (QED) is 0.448. The number of hydrogen-bond donors (Lipinski definition) is 0. The van der Waals surface area contributed by atoms with Gasteiger partial charge in [0.2, 0.25) is 6.54 Å². The summed E-state index contributed by atoms with van der Waals surface area (Å²) in [6.45, 7) is 5.34. The van der Waals surface area contributed by atoms with E-state index in [0.29, 0.717) is 11.1 Å². The molecule has 0 amide bonds. The molecule has 0 saturated carbocycles. The van der Waals surface area contributed by atoms with Gasteiger partial charge in [0.25, 0.3) is 0 Å². The van der Waals surface area contributed by atoms with Crippen molar-refractivity contribution >= 4 is 5.78 Å².